The van der Waals surface area contributed by atoms with E-state index in [-0.39, 0.29) is 5.91 Å². The van der Waals surface area contributed by atoms with E-state index in [1.165, 1.54) is 25.9 Å². The first-order valence-electron chi connectivity index (χ1n) is 6.26. The maximum Gasteiger partial charge on any atom is 0.221 e. The summed E-state index contributed by atoms with van der Waals surface area (Å²) in [5.41, 5.74) is 0. The van der Waals surface area contributed by atoms with Crippen LogP contribution in [0.15, 0.2) is 0 Å². The third-order valence-electron chi connectivity index (χ3n) is 3.57. The van der Waals surface area contributed by atoms with Crippen molar-refractivity contribution in [2.24, 2.45) is 5.92 Å². The molecule has 1 atom stereocenters. The van der Waals surface area contributed by atoms with E-state index >= 15 is 0 Å². The zero-order valence-electron chi connectivity index (χ0n) is 10.8. The van der Waals surface area contributed by atoms with Crippen molar-refractivity contribution < 1.29 is 4.79 Å². The normalized spacial score (nSPS) is 20.7. The molecule has 2 N–H and O–H groups in total. The van der Waals surface area contributed by atoms with Crippen LogP contribution in [0.25, 0.3) is 0 Å². The van der Waals surface area contributed by atoms with Gasteiger partial charge in [-0.15, -0.1) is 0 Å². The molecule has 1 fully saturated rings. The largest absolute Gasteiger partial charge is 0.359 e. The molecule has 4 heteroatoms. The van der Waals surface area contributed by atoms with Crippen LogP contribution in [0.4, 0.5) is 0 Å². The summed E-state index contributed by atoms with van der Waals surface area (Å²) in [6, 6.07) is 0.526. The molecule has 1 heterocycles. The summed E-state index contributed by atoms with van der Waals surface area (Å²) in [7, 11) is 3.86. The number of carbonyl (C=O) groups excluding carboxylic acids is 1. The Balaban J connectivity index is 2.14. The fourth-order valence-corrected chi connectivity index (χ4v) is 2.23. The summed E-state index contributed by atoms with van der Waals surface area (Å²) in [5.74, 6) is 0.879. The van der Waals surface area contributed by atoms with E-state index in [1.807, 2.05) is 0 Å². The monoisotopic (exact) mass is 227 g/mol. The predicted molar refractivity (Wildman–Crippen MR) is 66.4 cm³/mol. The van der Waals surface area contributed by atoms with Crippen LogP contribution in [-0.4, -0.2) is 50.6 Å². The van der Waals surface area contributed by atoms with Gasteiger partial charge in [-0.05, 0) is 45.8 Å². The van der Waals surface area contributed by atoms with Gasteiger partial charge < -0.3 is 15.5 Å². The third kappa shape index (κ3) is 4.49. The summed E-state index contributed by atoms with van der Waals surface area (Å²) in [6.45, 7) is 5.42. The summed E-state index contributed by atoms with van der Waals surface area (Å²) in [6.07, 6.45) is 3.11. The number of hydrogen-bond acceptors (Lipinski definition) is 3. The van der Waals surface area contributed by atoms with Gasteiger partial charge in [-0.25, -0.2) is 0 Å². The number of nitrogens with one attached hydrogen (secondary N) is 2. The summed E-state index contributed by atoms with van der Waals surface area (Å²) in [5, 5.41) is 6.09. The van der Waals surface area contributed by atoms with E-state index in [2.05, 4.69) is 29.5 Å². The molecule has 1 aliphatic heterocycles. The highest BCUT2D eigenvalue weighted by Crippen LogP contribution is 2.19. The molecule has 0 aromatic rings. The predicted octanol–water partition coefficient (Wildman–Crippen LogP) is 0.442. The highest BCUT2D eigenvalue weighted by atomic mass is 16.1. The second-order valence-corrected chi connectivity index (χ2v) is 4.81. The molecule has 4 nitrogen and oxygen atoms in total. The van der Waals surface area contributed by atoms with Gasteiger partial charge in [0.05, 0.1) is 0 Å². The van der Waals surface area contributed by atoms with Crippen LogP contribution in [0.5, 0.6) is 0 Å². The van der Waals surface area contributed by atoms with Crippen molar-refractivity contribution in [3.63, 3.8) is 0 Å². The lowest BCUT2D eigenvalue weighted by Gasteiger charge is -2.33. The zero-order chi connectivity index (χ0) is 12.0. The van der Waals surface area contributed by atoms with Crippen LogP contribution in [0, 0.1) is 5.92 Å². The highest BCUT2D eigenvalue weighted by Gasteiger charge is 2.21. The SMILES string of the molecule is CNC(=O)CCNC(C)C1CCN(C)CC1. The Morgan fingerprint density at radius 2 is 2.06 bits per heavy atom. The molecule has 1 amide bonds. The molecule has 0 radical (unpaired) electrons. The number of carbonyl (C=O) groups is 1. The molecule has 16 heavy (non-hydrogen) atoms. The van der Waals surface area contributed by atoms with Crippen molar-refractivity contribution in [3.05, 3.63) is 0 Å². The van der Waals surface area contributed by atoms with Crippen LogP contribution in [-0.2, 0) is 4.79 Å². The Morgan fingerprint density at radius 1 is 1.44 bits per heavy atom. The topological polar surface area (TPSA) is 44.4 Å². The minimum atomic E-state index is 0.114. The van der Waals surface area contributed by atoms with Crippen LogP contribution in [0.3, 0.4) is 0 Å². The Hall–Kier alpha value is -0.610. The standard InChI is InChI=1S/C12H25N3O/c1-10(14-7-4-12(16)13-2)11-5-8-15(3)9-6-11/h10-11,14H,4-9H2,1-3H3,(H,13,16). The summed E-state index contributed by atoms with van der Waals surface area (Å²) in [4.78, 5) is 13.4. The summed E-state index contributed by atoms with van der Waals surface area (Å²) < 4.78 is 0. The first-order valence-corrected chi connectivity index (χ1v) is 6.26. The van der Waals surface area contributed by atoms with Gasteiger partial charge in [0.15, 0.2) is 0 Å². The van der Waals surface area contributed by atoms with E-state index in [1.54, 1.807) is 7.05 Å². The first kappa shape index (κ1) is 13.5. The molecule has 0 aromatic carbocycles. The molecule has 1 rings (SSSR count). The van der Waals surface area contributed by atoms with Crippen molar-refractivity contribution in [1.82, 2.24) is 15.5 Å². The van der Waals surface area contributed by atoms with Gasteiger partial charge >= 0.3 is 0 Å². The average molecular weight is 227 g/mol. The van der Waals surface area contributed by atoms with Crippen molar-refractivity contribution in [3.8, 4) is 0 Å². The Morgan fingerprint density at radius 3 is 2.62 bits per heavy atom. The number of rotatable bonds is 5. The van der Waals surface area contributed by atoms with Crippen LogP contribution < -0.4 is 10.6 Å². The van der Waals surface area contributed by atoms with E-state index in [4.69, 9.17) is 0 Å². The van der Waals surface area contributed by atoms with Gasteiger partial charge in [-0.1, -0.05) is 0 Å². The molecular formula is C12H25N3O. The van der Waals surface area contributed by atoms with E-state index in [0.717, 1.165) is 12.5 Å². The first-order chi connectivity index (χ1) is 7.63. The fourth-order valence-electron chi connectivity index (χ4n) is 2.23. The Bertz CT molecular complexity index is 212. The van der Waals surface area contributed by atoms with Gasteiger partial charge in [0.1, 0.15) is 0 Å². The molecule has 1 aliphatic rings. The molecule has 94 valence electrons. The minimum Gasteiger partial charge on any atom is -0.359 e. The molecule has 0 aromatic heterocycles. The van der Waals surface area contributed by atoms with Gasteiger partial charge in [0.2, 0.25) is 5.91 Å². The zero-order valence-corrected chi connectivity index (χ0v) is 10.8. The molecular weight excluding hydrogens is 202 g/mol. The van der Waals surface area contributed by atoms with Crippen molar-refractivity contribution in [1.29, 1.82) is 0 Å². The van der Waals surface area contributed by atoms with Gasteiger partial charge in [-0.3, -0.25) is 4.79 Å². The lowest BCUT2D eigenvalue weighted by Crippen LogP contribution is -2.41. The number of nitrogens with zero attached hydrogens (tertiary/aromatic N) is 1. The van der Waals surface area contributed by atoms with Crippen LogP contribution >= 0.6 is 0 Å². The number of likely N-dealkylation sites (tertiary alicyclic amines) is 1. The third-order valence-corrected chi connectivity index (χ3v) is 3.57. The maximum atomic E-state index is 11.1. The van der Waals surface area contributed by atoms with Crippen LogP contribution in [0.1, 0.15) is 26.2 Å². The van der Waals surface area contributed by atoms with Gasteiger partial charge in [0, 0.05) is 26.1 Å². The Kier molecular flexibility index (Phi) is 5.77. The number of piperidine rings is 1. The van der Waals surface area contributed by atoms with Crippen molar-refractivity contribution in [2.45, 2.75) is 32.2 Å². The lowest BCUT2D eigenvalue weighted by molar-refractivity contribution is -0.120. The minimum absolute atomic E-state index is 0.114. The van der Waals surface area contributed by atoms with E-state index < -0.39 is 0 Å². The summed E-state index contributed by atoms with van der Waals surface area (Å²) >= 11 is 0. The second kappa shape index (κ2) is 6.86. The quantitative estimate of drug-likeness (QED) is 0.716. The lowest BCUT2D eigenvalue weighted by atomic mass is 9.90. The molecule has 1 unspecified atom stereocenters. The van der Waals surface area contributed by atoms with Crippen molar-refractivity contribution in [2.75, 3.05) is 33.7 Å². The molecule has 0 saturated carbocycles. The van der Waals surface area contributed by atoms with E-state index in [9.17, 15) is 4.79 Å². The number of amides is 1. The Labute approximate surface area is 98.8 Å². The van der Waals surface area contributed by atoms with Crippen molar-refractivity contribution >= 4 is 5.91 Å². The maximum absolute atomic E-state index is 11.1. The fraction of sp³-hybridized carbons (Fsp3) is 0.917. The van der Waals surface area contributed by atoms with Gasteiger partial charge in [0.25, 0.3) is 0 Å². The van der Waals surface area contributed by atoms with Gasteiger partial charge in [-0.2, -0.15) is 0 Å². The molecule has 0 bridgehead atoms. The molecule has 0 spiro atoms. The highest BCUT2D eigenvalue weighted by molar-refractivity contribution is 5.75. The molecule has 1 saturated heterocycles. The number of hydrogen-bond donors (Lipinski definition) is 2. The van der Waals surface area contributed by atoms with Crippen LogP contribution in [0.2, 0.25) is 0 Å². The molecule has 0 aliphatic carbocycles. The smallest absolute Gasteiger partial charge is 0.221 e. The average Bonchev–Trinajstić information content (AvgIpc) is 2.29. The van der Waals surface area contributed by atoms with E-state index in [0.29, 0.717) is 12.5 Å². The second-order valence-electron chi connectivity index (χ2n) is 4.81.